The molecule has 2 heterocycles. The number of likely N-dealkylation sites (tertiary alicyclic amines) is 1. The van der Waals surface area contributed by atoms with E-state index in [1.54, 1.807) is 4.90 Å². The summed E-state index contributed by atoms with van der Waals surface area (Å²) in [4.78, 5) is 24.6. The van der Waals surface area contributed by atoms with E-state index >= 15 is 0 Å². The first-order valence-electron chi connectivity index (χ1n) is 7.79. The normalized spacial score (nSPS) is 15.2. The molecule has 0 radical (unpaired) electrons. The van der Waals surface area contributed by atoms with Gasteiger partial charge in [-0.15, -0.1) is 0 Å². The lowest BCUT2D eigenvalue weighted by molar-refractivity contribution is 0.0651. The predicted molar refractivity (Wildman–Crippen MR) is 83.6 cm³/mol. The van der Waals surface area contributed by atoms with Crippen molar-refractivity contribution >= 4 is 12.1 Å². The predicted octanol–water partition coefficient (Wildman–Crippen LogP) is 2.89. The minimum absolute atomic E-state index is 0.0972. The topological polar surface area (TPSA) is 92.9 Å². The summed E-state index contributed by atoms with van der Waals surface area (Å²) in [6.45, 7) is 1.35. The second kappa shape index (κ2) is 7.16. The first-order valence-corrected chi connectivity index (χ1v) is 7.79. The Morgan fingerprint density at radius 1 is 1.25 bits per heavy atom. The number of carbonyl (C=O) groups excluding carboxylic acids is 1. The number of amides is 1. The summed E-state index contributed by atoms with van der Waals surface area (Å²) in [6.07, 6.45) is 1.07. The van der Waals surface area contributed by atoms with Crippen LogP contribution in [0.15, 0.2) is 40.9 Å². The van der Waals surface area contributed by atoms with Crippen molar-refractivity contribution in [1.29, 1.82) is 0 Å². The average molecular weight is 330 g/mol. The molecule has 0 spiro atoms. The Hall–Kier alpha value is -2.83. The molecular weight excluding hydrogens is 312 g/mol. The van der Waals surface area contributed by atoms with Crippen molar-refractivity contribution in [3.8, 4) is 0 Å². The molecule has 1 N–H and O–H groups in total. The van der Waals surface area contributed by atoms with Gasteiger partial charge >= 0.3 is 12.1 Å². The summed E-state index contributed by atoms with van der Waals surface area (Å²) in [5, 5.41) is 12.7. The second-order valence-corrected chi connectivity index (χ2v) is 5.72. The number of hydrogen-bond acceptors (Lipinski definition) is 5. The number of carboxylic acids is 1. The molecule has 7 heteroatoms. The second-order valence-electron chi connectivity index (χ2n) is 5.72. The van der Waals surface area contributed by atoms with Crippen LogP contribution >= 0.6 is 0 Å². The molecule has 3 rings (SSSR count). The zero-order chi connectivity index (χ0) is 16.9. The van der Waals surface area contributed by atoms with E-state index in [1.807, 2.05) is 30.3 Å². The quantitative estimate of drug-likeness (QED) is 0.926. The van der Waals surface area contributed by atoms with Gasteiger partial charge in [0.2, 0.25) is 5.76 Å². The van der Waals surface area contributed by atoms with E-state index in [4.69, 9.17) is 14.4 Å². The van der Waals surface area contributed by atoms with Crippen LogP contribution in [0.25, 0.3) is 0 Å². The maximum atomic E-state index is 12.1. The molecule has 1 amide bonds. The fourth-order valence-corrected chi connectivity index (χ4v) is 2.75. The van der Waals surface area contributed by atoms with Crippen LogP contribution in [0.3, 0.4) is 0 Å². The van der Waals surface area contributed by atoms with E-state index < -0.39 is 5.97 Å². The van der Waals surface area contributed by atoms with Gasteiger partial charge in [-0.2, -0.15) is 0 Å². The molecule has 2 aromatic rings. The number of carbonyl (C=O) groups is 2. The Morgan fingerprint density at radius 3 is 2.58 bits per heavy atom. The number of aromatic carboxylic acids is 1. The minimum atomic E-state index is -1.13. The summed E-state index contributed by atoms with van der Waals surface area (Å²) in [5.74, 6) is -1.19. The Bertz CT molecular complexity index is 705. The van der Waals surface area contributed by atoms with E-state index in [2.05, 4.69) is 5.16 Å². The van der Waals surface area contributed by atoms with Gasteiger partial charge in [0.15, 0.2) is 0 Å². The molecule has 0 aliphatic carbocycles. The van der Waals surface area contributed by atoms with Gasteiger partial charge in [0.25, 0.3) is 0 Å². The zero-order valence-electron chi connectivity index (χ0n) is 13.1. The van der Waals surface area contributed by atoms with Crippen molar-refractivity contribution in [2.75, 3.05) is 13.1 Å². The van der Waals surface area contributed by atoms with E-state index in [0.717, 1.165) is 5.56 Å². The van der Waals surface area contributed by atoms with Crippen molar-refractivity contribution in [3.05, 3.63) is 53.4 Å². The monoisotopic (exact) mass is 330 g/mol. The number of benzene rings is 1. The van der Waals surface area contributed by atoms with Crippen LogP contribution in [0.5, 0.6) is 0 Å². The molecule has 126 valence electrons. The Kier molecular flexibility index (Phi) is 4.79. The highest BCUT2D eigenvalue weighted by Gasteiger charge is 2.27. The molecule has 7 nitrogen and oxygen atoms in total. The van der Waals surface area contributed by atoms with Crippen LogP contribution in [0, 0.1) is 0 Å². The van der Waals surface area contributed by atoms with Crippen molar-refractivity contribution in [3.63, 3.8) is 0 Å². The maximum absolute atomic E-state index is 12.1. The van der Waals surface area contributed by atoms with E-state index in [9.17, 15) is 9.59 Å². The summed E-state index contributed by atoms with van der Waals surface area (Å²) in [7, 11) is 0. The van der Waals surface area contributed by atoms with Crippen LogP contribution in [0.2, 0.25) is 0 Å². The Labute approximate surface area is 138 Å². The summed E-state index contributed by atoms with van der Waals surface area (Å²) in [5.41, 5.74) is 1.58. The Balaban J connectivity index is 1.49. The van der Waals surface area contributed by atoms with Crippen LogP contribution in [-0.2, 0) is 11.3 Å². The van der Waals surface area contributed by atoms with Gasteiger partial charge < -0.3 is 19.3 Å². The van der Waals surface area contributed by atoms with Crippen molar-refractivity contribution in [2.45, 2.75) is 25.4 Å². The number of carboxylic acid groups (broad SMARTS) is 1. The van der Waals surface area contributed by atoms with Crippen molar-refractivity contribution in [1.82, 2.24) is 10.1 Å². The molecule has 24 heavy (non-hydrogen) atoms. The highest BCUT2D eigenvalue weighted by Crippen LogP contribution is 2.28. The average Bonchev–Trinajstić information content (AvgIpc) is 3.11. The third-order valence-corrected chi connectivity index (χ3v) is 4.12. The van der Waals surface area contributed by atoms with E-state index in [-0.39, 0.29) is 24.4 Å². The van der Waals surface area contributed by atoms with Gasteiger partial charge in [-0.05, 0) is 18.4 Å². The van der Waals surface area contributed by atoms with Gasteiger partial charge in [-0.3, -0.25) is 0 Å². The number of aromatic nitrogens is 1. The largest absolute Gasteiger partial charge is 0.475 e. The maximum Gasteiger partial charge on any atom is 0.410 e. The number of rotatable bonds is 4. The van der Waals surface area contributed by atoms with E-state index in [1.165, 1.54) is 6.07 Å². The first-order chi connectivity index (χ1) is 11.6. The lowest BCUT2D eigenvalue weighted by Crippen LogP contribution is -2.38. The van der Waals surface area contributed by atoms with Gasteiger partial charge in [-0.1, -0.05) is 35.5 Å². The molecule has 1 aromatic heterocycles. The highest BCUT2D eigenvalue weighted by atomic mass is 16.6. The van der Waals surface area contributed by atoms with E-state index in [0.29, 0.717) is 31.6 Å². The first kappa shape index (κ1) is 16.0. The molecule has 1 aliphatic heterocycles. The molecule has 0 saturated carbocycles. The number of hydrogen-bond donors (Lipinski definition) is 1. The van der Waals surface area contributed by atoms with Crippen molar-refractivity contribution < 1.29 is 24.0 Å². The summed E-state index contributed by atoms with van der Waals surface area (Å²) < 4.78 is 10.1. The van der Waals surface area contributed by atoms with Gasteiger partial charge in [0.1, 0.15) is 6.61 Å². The highest BCUT2D eigenvalue weighted by molar-refractivity contribution is 5.84. The molecule has 1 aromatic carbocycles. The van der Waals surface area contributed by atoms with Crippen LogP contribution in [0.4, 0.5) is 4.79 Å². The zero-order valence-corrected chi connectivity index (χ0v) is 13.1. The lowest BCUT2D eigenvalue weighted by Gasteiger charge is -2.30. The minimum Gasteiger partial charge on any atom is -0.475 e. The number of piperidine rings is 1. The van der Waals surface area contributed by atoms with Crippen LogP contribution in [-0.4, -0.2) is 40.3 Å². The molecule has 0 unspecified atom stereocenters. The number of ether oxygens (including phenoxy) is 1. The summed E-state index contributed by atoms with van der Waals surface area (Å²) in [6, 6.07) is 11.0. The lowest BCUT2D eigenvalue weighted by atomic mass is 9.93. The third kappa shape index (κ3) is 3.73. The molecule has 0 atom stereocenters. The van der Waals surface area contributed by atoms with Crippen molar-refractivity contribution in [2.24, 2.45) is 0 Å². The molecular formula is C17H18N2O5. The van der Waals surface area contributed by atoms with Gasteiger partial charge in [0, 0.05) is 25.1 Å². The SMILES string of the molecule is O=C(O)c1cc(C2CCN(C(=O)OCc3ccccc3)CC2)no1. The fraction of sp³-hybridized carbons (Fsp3) is 0.353. The van der Waals surface area contributed by atoms with Crippen LogP contribution in [0.1, 0.15) is 40.6 Å². The standard InChI is InChI=1S/C17H18N2O5/c20-16(21)15-10-14(18-24-15)13-6-8-19(9-7-13)17(22)23-11-12-4-2-1-3-5-12/h1-5,10,13H,6-9,11H2,(H,20,21). The van der Waals surface area contributed by atoms with Gasteiger partial charge in [-0.25, -0.2) is 9.59 Å². The molecule has 1 saturated heterocycles. The third-order valence-electron chi connectivity index (χ3n) is 4.12. The smallest absolute Gasteiger partial charge is 0.410 e. The number of nitrogens with zero attached hydrogens (tertiary/aromatic N) is 2. The summed E-state index contributed by atoms with van der Waals surface area (Å²) >= 11 is 0. The molecule has 1 aliphatic rings. The Morgan fingerprint density at radius 2 is 1.96 bits per heavy atom. The molecule has 1 fully saturated rings. The van der Waals surface area contributed by atoms with Gasteiger partial charge in [0.05, 0.1) is 5.69 Å². The fourth-order valence-electron chi connectivity index (χ4n) is 2.75. The van der Waals surface area contributed by atoms with Crippen LogP contribution < -0.4 is 0 Å². The molecule has 0 bridgehead atoms.